The standard InChI is InChI=1S/C10H10O2/c11-7-4-8(12)10-6-2-1-5(3-6)9(7)10/h1-2,4-6,9-11H,3H2/t5-,6+,9+,10-/m0/s1. The molecule has 2 bridgehead atoms. The van der Waals surface area contributed by atoms with Crippen LogP contribution < -0.4 is 0 Å². The Morgan fingerprint density at radius 3 is 2.58 bits per heavy atom. The molecule has 1 saturated carbocycles. The van der Waals surface area contributed by atoms with Crippen LogP contribution in [0.1, 0.15) is 6.42 Å². The van der Waals surface area contributed by atoms with Crippen LogP contribution in [0.2, 0.25) is 0 Å². The van der Waals surface area contributed by atoms with E-state index in [1.165, 1.54) is 6.08 Å². The van der Waals surface area contributed by atoms with Gasteiger partial charge in [0.05, 0.1) is 0 Å². The molecule has 62 valence electrons. The van der Waals surface area contributed by atoms with Crippen LogP contribution >= 0.6 is 0 Å². The van der Waals surface area contributed by atoms with Crippen molar-refractivity contribution in [2.24, 2.45) is 23.7 Å². The second-order valence-corrected chi connectivity index (χ2v) is 3.97. The summed E-state index contributed by atoms with van der Waals surface area (Å²) in [5, 5.41) is 9.50. The van der Waals surface area contributed by atoms with Gasteiger partial charge in [-0.15, -0.1) is 0 Å². The Balaban J connectivity index is 2.09. The third-order valence-corrected chi connectivity index (χ3v) is 3.42. The van der Waals surface area contributed by atoms with Gasteiger partial charge in [-0.05, 0) is 18.3 Å². The number of carbonyl (C=O) groups excluding carboxylic acids is 1. The molecule has 0 radical (unpaired) electrons. The van der Waals surface area contributed by atoms with Gasteiger partial charge in [-0.25, -0.2) is 0 Å². The van der Waals surface area contributed by atoms with Crippen LogP contribution in [0.25, 0.3) is 0 Å². The van der Waals surface area contributed by atoms with Crippen molar-refractivity contribution in [3.63, 3.8) is 0 Å². The molecule has 0 amide bonds. The summed E-state index contributed by atoms with van der Waals surface area (Å²) in [6, 6.07) is 0. The number of carbonyl (C=O) groups is 1. The molecule has 0 aliphatic heterocycles. The summed E-state index contributed by atoms with van der Waals surface area (Å²) in [6.45, 7) is 0. The Labute approximate surface area is 70.6 Å². The van der Waals surface area contributed by atoms with Gasteiger partial charge >= 0.3 is 0 Å². The van der Waals surface area contributed by atoms with Gasteiger partial charge in [0.25, 0.3) is 0 Å². The lowest BCUT2D eigenvalue weighted by atomic mass is 9.84. The summed E-state index contributed by atoms with van der Waals surface area (Å²) < 4.78 is 0. The number of hydrogen-bond acceptors (Lipinski definition) is 2. The highest BCUT2D eigenvalue weighted by molar-refractivity contribution is 5.96. The van der Waals surface area contributed by atoms with Gasteiger partial charge in [0, 0.05) is 17.9 Å². The number of fused-ring (bicyclic) bond motifs is 5. The van der Waals surface area contributed by atoms with Gasteiger partial charge in [-0.1, -0.05) is 12.2 Å². The quantitative estimate of drug-likeness (QED) is 0.547. The van der Waals surface area contributed by atoms with Crippen molar-refractivity contribution in [3.8, 4) is 0 Å². The maximum atomic E-state index is 11.4. The molecule has 0 saturated heterocycles. The van der Waals surface area contributed by atoms with E-state index in [0.29, 0.717) is 17.6 Å². The van der Waals surface area contributed by atoms with E-state index in [1.54, 1.807) is 0 Å². The first-order chi connectivity index (χ1) is 5.77. The van der Waals surface area contributed by atoms with Crippen molar-refractivity contribution in [1.82, 2.24) is 0 Å². The smallest absolute Gasteiger partial charge is 0.163 e. The highest BCUT2D eigenvalue weighted by Gasteiger charge is 2.52. The van der Waals surface area contributed by atoms with E-state index < -0.39 is 0 Å². The van der Waals surface area contributed by atoms with E-state index in [-0.39, 0.29) is 17.6 Å². The molecule has 0 heterocycles. The summed E-state index contributed by atoms with van der Waals surface area (Å²) in [5.74, 6) is 1.51. The first-order valence-electron chi connectivity index (χ1n) is 4.40. The molecule has 4 atom stereocenters. The zero-order chi connectivity index (χ0) is 8.29. The average molecular weight is 162 g/mol. The van der Waals surface area contributed by atoms with E-state index in [0.717, 1.165) is 6.42 Å². The SMILES string of the molecule is O=C1C=C(O)[C@@H]2[C@H]1[C@@H]1C=C[C@H]2C1. The fourth-order valence-corrected chi connectivity index (χ4v) is 2.95. The Morgan fingerprint density at radius 2 is 1.92 bits per heavy atom. The van der Waals surface area contributed by atoms with Gasteiger partial charge in [-0.3, -0.25) is 4.79 Å². The molecule has 0 unspecified atom stereocenters. The monoisotopic (exact) mass is 162 g/mol. The normalized spacial score (nSPS) is 48.3. The molecule has 0 aromatic heterocycles. The number of ketones is 1. The first-order valence-corrected chi connectivity index (χ1v) is 4.40. The second kappa shape index (κ2) is 1.82. The molecule has 0 aromatic carbocycles. The van der Waals surface area contributed by atoms with E-state index in [2.05, 4.69) is 12.2 Å². The highest BCUT2D eigenvalue weighted by Crippen LogP contribution is 2.53. The molecule has 12 heavy (non-hydrogen) atoms. The zero-order valence-corrected chi connectivity index (χ0v) is 6.60. The van der Waals surface area contributed by atoms with Crippen LogP contribution in [0.3, 0.4) is 0 Å². The number of aliphatic hydroxyl groups excluding tert-OH is 1. The summed E-state index contributed by atoms with van der Waals surface area (Å²) in [4.78, 5) is 11.4. The lowest BCUT2D eigenvalue weighted by molar-refractivity contribution is -0.118. The van der Waals surface area contributed by atoms with Gasteiger partial charge in [0.1, 0.15) is 5.76 Å². The van der Waals surface area contributed by atoms with Crippen LogP contribution in [0.4, 0.5) is 0 Å². The summed E-state index contributed by atoms with van der Waals surface area (Å²) in [7, 11) is 0. The summed E-state index contributed by atoms with van der Waals surface area (Å²) in [6.07, 6.45) is 6.77. The number of aliphatic hydroxyl groups is 1. The van der Waals surface area contributed by atoms with E-state index >= 15 is 0 Å². The molecule has 2 heteroatoms. The van der Waals surface area contributed by atoms with E-state index in [1.807, 2.05) is 0 Å². The van der Waals surface area contributed by atoms with Gasteiger partial charge in [-0.2, -0.15) is 0 Å². The predicted molar refractivity (Wildman–Crippen MR) is 43.4 cm³/mol. The van der Waals surface area contributed by atoms with Crippen molar-refractivity contribution in [1.29, 1.82) is 0 Å². The van der Waals surface area contributed by atoms with Gasteiger partial charge < -0.3 is 5.11 Å². The molecular formula is C10H10O2. The Hall–Kier alpha value is -1.05. The highest BCUT2D eigenvalue weighted by atomic mass is 16.3. The number of hydrogen-bond donors (Lipinski definition) is 1. The number of rotatable bonds is 0. The van der Waals surface area contributed by atoms with Crippen molar-refractivity contribution in [2.45, 2.75) is 6.42 Å². The molecule has 2 nitrogen and oxygen atoms in total. The largest absolute Gasteiger partial charge is 0.512 e. The van der Waals surface area contributed by atoms with Crippen LogP contribution in [0.15, 0.2) is 24.0 Å². The third-order valence-electron chi connectivity index (χ3n) is 3.42. The number of allylic oxidation sites excluding steroid dienone is 4. The maximum absolute atomic E-state index is 11.4. The minimum absolute atomic E-state index is 0.0833. The molecule has 3 aliphatic carbocycles. The van der Waals surface area contributed by atoms with Crippen molar-refractivity contribution in [2.75, 3.05) is 0 Å². The Kier molecular flexibility index (Phi) is 0.978. The fourth-order valence-electron chi connectivity index (χ4n) is 2.95. The van der Waals surface area contributed by atoms with Crippen molar-refractivity contribution >= 4 is 5.78 Å². The third kappa shape index (κ3) is 0.554. The lowest BCUT2D eigenvalue weighted by Crippen LogP contribution is -2.21. The predicted octanol–water partition coefficient (Wildman–Crippen LogP) is 1.45. The molecule has 3 rings (SSSR count). The minimum atomic E-state index is 0.0833. The van der Waals surface area contributed by atoms with Gasteiger partial charge in [0.2, 0.25) is 0 Å². The van der Waals surface area contributed by atoms with Crippen LogP contribution in [-0.4, -0.2) is 10.9 Å². The van der Waals surface area contributed by atoms with Crippen LogP contribution in [-0.2, 0) is 4.79 Å². The Bertz CT molecular complexity index is 314. The topological polar surface area (TPSA) is 37.3 Å². The molecule has 0 spiro atoms. The van der Waals surface area contributed by atoms with E-state index in [4.69, 9.17) is 0 Å². The maximum Gasteiger partial charge on any atom is 0.163 e. The van der Waals surface area contributed by atoms with Gasteiger partial charge in [0.15, 0.2) is 5.78 Å². The lowest BCUT2D eigenvalue weighted by Gasteiger charge is -2.19. The molecular weight excluding hydrogens is 152 g/mol. The summed E-state index contributed by atoms with van der Waals surface area (Å²) in [5.41, 5.74) is 0. The average Bonchev–Trinajstić information content (AvgIpc) is 2.64. The van der Waals surface area contributed by atoms with Crippen molar-refractivity contribution < 1.29 is 9.90 Å². The Morgan fingerprint density at radius 1 is 1.25 bits per heavy atom. The van der Waals surface area contributed by atoms with Crippen LogP contribution in [0, 0.1) is 23.7 Å². The first kappa shape index (κ1) is 6.46. The van der Waals surface area contributed by atoms with E-state index in [9.17, 15) is 9.90 Å². The summed E-state index contributed by atoms with van der Waals surface area (Å²) >= 11 is 0. The zero-order valence-electron chi connectivity index (χ0n) is 6.60. The molecule has 0 aromatic rings. The molecule has 1 fully saturated rings. The molecule has 3 aliphatic rings. The fraction of sp³-hybridized carbons (Fsp3) is 0.500. The molecule has 1 N–H and O–H groups in total. The minimum Gasteiger partial charge on any atom is -0.512 e. The second-order valence-electron chi connectivity index (χ2n) is 3.97. The van der Waals surface area contributed by atoms with Crippen molar-refractivity contribution in [3.05, 3.63) is 24.0 Å². The van der Waals surface area contributed by atoms with Crippen LogP contribution in [0.5, 0.6) is 0 Å².